The van der Waals surface area contributed by atoms with Gasteiger partial charge in [-0.3, -0.25) is 14.4 Å². The van der Waals surface area contributed by atoms with Crippen LogP contribution in [0.5, 0.6) is 0 Å². The van der Waals surface area contributed by atoms with Crippen LogP contribution in [0.3, 0.4) is 0 Å². The Morgan fingerprint density at radius 2 is 1.73 bits per heavy atom. The smallest absolute Gasteiger partial charge is 0.326 e. The molecule has 4 atom stereocenters. The van der Waals surface area contributed by atoms with Gasteiger partial charge in [-0.05, 0) is 49.7 Å². The van der Waals surface area contributed by atoms with Crippen LogP contribution in [0.2, 0.25) is 0 Å². The van der Waals surface area contributed by atoms with Gasteiger partial charge >= 0.3 is 5.97 Å². The van der Waals surface area contributed by atoms with Gasteiger partial charge in [-0.25, -0.2) is 4.79 Å². The highest BCUT2D eigenvalue weighted by atomic mass is 32.2. The van der Waals surface area contributed by atoms with E-state index < -0.39 is 48.6 Å². The summed E-state index contributed by atoms with van der Waals surface area (Å²) in [4.78, 5) is 50.4. The molecule has 30 heavy (non-hydrogen) atoms. The number of aliphatic hydroxyl groups excluding tert-OH is 1. The molecule has 0 spiro atoms. The van der Waals surface area contributed by atoms with Gasteiger partial charge in [-0.2, -0.15) is 23.5 Å². The minimum absolute atomic E-state index is 0.215. The van der Waals surface area contributed by atoms with Crippen LogP contribution in [0, 0.1) is 0 Å². The van der Waals surface area contributed by atoms with E-state index in [9.17, 15) is 29.4 Å². The first-order valence-corrected chi connectivity index (χ1v) is 12.5. The second-order valence-corrected chi connectivity index (χ2v) is 8.97. The Hall–Kier alpha value is -1.50. The van der Waals surface area contributed by atoms with Crippen LogP contribution in [-0.2, 0) is 19.2 Å². The summed E-state index contributed by atoms with van der Waals surface area (Å²) in [6.45, 7) is -0.296. The number of nitrogens with zero attached hydrogens (tertiary/aromatic N) is 1. The lowest BCUT2D eigenvalue weighted by atomic mass is 10.1. The molecule has 1 aliphatic rings. The van der Waals surface area contributed by atoms with E-state index in [1.807, 2.05) is 12.5 Å². The Bertz CT molecular complexity index is 609. The highest BCUT2D eigenvalue weighted by Gasteiger charge is 2.37. The third-order valence-corrected chi connectivity index (χ3v) is 6.12. The van der Waals surface area contributed by atoms with Crippen LogP contribution < -0.4 is 16.4 Å². The van der Waals surface area contributed by atoms with Crippen molar-refractivity contribution in [2.45, 2.75) is 49.9 Å². The number of aliphatic carboxylic acids is 1. The first-order valence-electron chi connectivity index (χ1n) is 9.75. The monoisotopic (exact) mass is 464 g/mol. The summed E-state index contributed by atoms with van der Waals surface area (Å²) in [5.74, 6) is -1.59. The van der Waals surface area contributed by atoms with Crippen LogP contribution in [0.4, 0.5) is 0 Å². The molecule has 0 saturated carbocycles. The topological polar surface area (TPSA) is 162 Å². The molecule has 172 valence electrons. The summed E-state index contributed by atoms with van der Waals surface area (Å²) in [5.41, 5.74) is 5.95. The third kappa shape index (κ3) is 7.97. The second kappa shape index (κ2) is 13.7. The third-order valence-electron chi connectivity index (χ3n) is 4.83. The summed E-state index contributed by atoms with van der Waals surface area (Å²) >= 11 is 3.02. The van der Waals surface area contributed by atoms with E-state index in [0.29, 0.717) is 31.6 Å². The van der Waals surface area contributed by atoms with Gasteiger partial charge in [0.15, 0.2) is 0 Å². The van der Waals surface area contributed by atoms with Crippen molar-refractivity contribution in [1.82, 2.24) is 15.5 Å². The number of carboxylic acid groups (broad SMARTS) is 1. The fourth-order valence-electron chi connectivity index (χ4n) is 3.11. The van der Waals surface area contributed by atoms with E-state index in [-0.39, 0.29) is 12.3 Å². The van der Waals surface area contributed by atoms with E-state index in [4.69, 9.17) is 5.73 Å². The number of rotatable bonds is 13. The van der Waals surface area contributed by atoms with Crippen LogP contribution in [-0.4, -0.2) is 100 Å². The Kier molecular flexibility index (Phi) is 12.1. The number of carbonyl (C=O) groups excluding carboxylic acids is 3. The summed E-state index contributed by atoms with van der Waals surface area (Å²) in [6.07, 6.45) is 5.51. The van der Waals surface area contributed by atoms with Crippen molar-refractivity contribution >= 4 is 47.2 Å². The SMILES string of the molecule is CSCCC(N)C(=O)N1CCCC1C(=O)NC(CO)C(=O)NC(CCSC)C(=O)O. The molecule has 0 aromatic carbocycles. The molecule has 0 aromatic rings. The number of hydrogen-bond acceptors (Lipinski definition) is 8. The minimum atomic E-state index is -1.31. The maximum absolute atomic E-state index is 12.7. The molecule has 10 nitrogen and oxygen atoms in total. The van der Waals surface area contributed by atoms with Crippen molar-refractivity contribution in [2.75, 3.05) is 37.2 Å². The Labute approximate surface area is 185 Å². The van der Waals surface area contributed by atoms with Crippen LogP contribution in [0.1, 0.15) is 25.7 Å². The predicted octanol–water partition coefficient (Wildman–Crippen LogP) is -1.14. The van der Waals surface area contributed by atoms with Crippen molar-refractivity contribution in [3.63, 3.8) is 0 Å². The lowest BCUT2D eigenvalue weighted by molar-refractivity contribution is -0.143. The van der Waals surface area contributed by atoms with Gasteiger partial charge in [-0.15, -0.1) is 0 Å². The maximum Gasteiger partial charge on any atom is 0.326 e. The zero-order valence-corrected chi connectivity index (χ0v) is 19.0. The van der Waals surface area contributed by atoms with E-state index in [1.165, 1.54) is 16.7 Å². The molecule has 3 amide bonds. The van der Waals surface area contributed by atoms with E-state index in [2.05, 4.69) is 10.6 Å². The Morgan fingerprint density at radius 3 is 2.30 bits per heavy atom. The van der Waals surface area contributed by atoms with Gasteiger partial charge in [-0.1, -0.05) is 0 Å². The molecule has 1 aliphatic heterocycles. The number of likely N-dealkylation sites (tertiary alicyclic amines) is 1. The van der Waals surface area contributed by atoms with Crippen molar-refractivity contribution in [1.29, 1.82) is 0 Å². The Morgan fingerprint density at radius 1 is 1.10 bits per heavy atom. The number of nitrogens with two attached hydrogens (primary N) is 1. The number of aliphatic hydroxyl groups is 1. The average Bonchev–Trinajstić information content (AvgIpc) is 3.21. The first-order chi connectivity index (χ1) is 14.3. The van der Waals surface area contributed by atoms with Crippen molar-refractivity contribution in [2.24, 2.45) is 5.73 Å². The molecule has 1 rings (SSSR count). The molecule has 0 radical (unpaired) electrons. The Balaban J connectivity index is 2.73. The van der Waals surface area contributed by atoms with Crippen LogP contribution >= 0.6 is 23.5 Å². The summed E-state index contributed by atoms with van der Waals surface area (Å²) in [5, 5.41) is 23.6. The molecule has 1 heterocycles. The van der Waals surface area contributed by atoms with Gasteiger partial charge in [0, 0.05) is 6.54 Å². The van der Waals surface area contributed by atoms with Gasteiger partial charge in [0.2, 0.25) is 17.7 Å². The number of carboxylic acids is 1. The van der Waals surface area contributed by atoms with Crippen LogP contribution in [0.15, 0.2) is 0 Å². The molecule has 0 aromatic heterocycles. The van der Waals surface area contributed by atoms with Crippen molar-refractivity contribution in [3.05, 3.63) is 0 Å². The van der Waals surface area contributed by atoms with Crippen molar-refractivity contribution < 1.29 is 29.4 Å². The molecule has 12 heteroatoms. The fraction of sp³-hybridized carbons (Fsp3) is 0.778. The van der Waals surface area contributed by atoms with Gasteiger partial charge in [0.25, 0.3) is 0 Å². The number of hydrogen-bond donors (Lipinski definition) is 5. The fourth-order valence-corrected chi connectivity index (χ4v) is 4.07. The maximum atomic E-state index is 12.7. The van der Waals surface area contributed by atoms with Gasteiger partial charge in [0.05, 0.1) is 12.6 Å². The largest absolute Gasteiger partial charge is 0.480 e. The van der Waals surface area contributed by atoms with Gasteiger partial charge < -0.3 is 31.5 Å². The average molecular weight is 465 g/mol. The number of carbonyl (C=O) groups is 4. The van der Waals surface area contributed by atoms with Gasteiger partial charge in [0.1, 0.15) is 18.1 Å². The number of thioether (sulfide) groups is 2. The highest BCUT2D eigenvalue weighted by molar-refractivity contribution is 7.98. The second-order valence-electron chi connectivity index (χ2n) is 7.00. The van der Waals surface area contributed by atoms with Crippen molar-refractivity contribution in [3.8, 4) is 0 Å². The quantitative estimate of drug-likeness (QED) is 0.227. The molecule has 1 saturated heterocycles. The zero-order valence-electron chi connectivity index (χ0n) is 17.3. The normalized spacial score (nSPS) is 19.1. The molecule has 0 aliphatic carbocycles. The number of amides is 3. The zero-order chi connectivity index (χ0) is 22.7. The van der Waals surface area contributed by atoms with E-state index in [1.54, 1.807) is 11.8 Å². The summed E-state index contributed by atoms with van der Waals surface area (Å²) in [6, 6.07) is -3.90. The van der Waals surface area contributed by atoms with E-state index >= 15 is 0 Å². The lowest BCUT2D eigenvalue weighted by Gasteiger charge is -2.28. The predicted molar refractivity (Wildman–Crippen MR) is 117 cm³/mol. The first kappa shape index (κ1) is 26.5. The summed E-state index contributed by atoms with van der Waals surface area (Å²) < 4.78 is 0. The molecule has 6 N–H and O–H groups in total. The molecular weight excluding hydrogens is 432 g/mol. The minimum Gasteiger partial charge on any atom is -0.480 e. The highest BCUT2D eigenvalue weighted by Crippen LogP contribution is 2.19. The standard InChI is InChI=1S/C18H32N4O6S2/c1-29-8-5-11(19)17(26)22-7-3-4-14(22)16(25)21-13(10-23)15(24)20-12(18(27)28)6-9-30-2/h11-14,23H,3-10,19H2,1-2H3,(H,20,24)(H,21,25)(H,27,28). The number of nitrogens with one attached hydrogen (secondary N) is 2. The summed E-state index contributed by atoms with van der Waals surface area (Å²) in [7, 11) is 0. The lowest BCUT2D eigenvalue weighted by Crippen LogP contribution is -2.57. The molecular formula is C18H32N4O6S2. The van der Waals surface area contributed by atoms with Crippen LogP contribution in [0.25, 0.3) is 0 Å². The molecule has 0 bridgehead atoms. The molecule has 4 unspecified atom stereocenters. The molecule has 1 fully saturated rings. The van der Waals surface area contributed by atoms with E-state index in [0.717, 1.165) is 5.75 Å².